The van der Waals surface area contributed by atoms with E-state index in [0.717, 1.165) is 25.2 Å². The normalized spacial score (nSPS) is 11.4. The van der Waals surface area contributed by atoms with Crippen LogP contribution < -0.4 is 10.0 Å². The average Bonchev–Trinajstić information content (AvgIpc) is 2.42. The summed E-state index contributed by atoms with van der Waals surface area (Å²) in [7, 11) is -3.22. The Hall–Kier alpha value is -1.86. The number of nitrogens with two attached hydrogens (primary N) is 1. The number of sulfonamides is 1. The third-order valence-electron chi connectivity index (χ3n) is 2.85. The van der Waals surface area contributed by atoms with Crippen molar-refractivity contribution in [3.63, 3.8) is 0 Å². The second kappa shape index (κ2) is 5.50. The Morgan fingerprint density at radius 2 is 1.81 bits per heavy atom. The molecule has 0 aliphatic rings. The Kier molecular flexibility index (Phi) is 4.06. The van der Waals surface area contributed by atoms with Crippen molar-refractivity contribution in [2.24, 2.45) is 0 Å². The van der Waals surface area contributed by atoms with E-state index in [4.69, 9.17) is 17.3 Å². The molecule has 0 spiro atoms. The Morgan fingerprint density at radius 3 is 2.43 bits per heavy atom. The van der Waals surface area contributed by atoms with Crippen LogP contribution in [0.5, 0.6) is 0 Å². The Morgan fingerprint density at radius 1 is 1.19 bits per heavy atom. The predicted octanol–water partition coefficient (Wildman–Crippen LogP) is 3.03. The van der Waals surface area contributed by atoms with Gasteiger partial charge in [0.2, 0.25) is 0 Å². The fraction of sp³-hybridized carbons (Fsp3) is 0.0769. The molecule has 0 aliphatic carbocycles. The first-order valence-electron chi connectivity index (χ1n) is 5.73. The van der Waals surface area contributed by atoms with Gasteiger partial charge in [-0.25, -0.2) is 17.2 Å². The zero-order valence-corrected chi connectivity index (χ0v) is 12.4. The fourth-order valence-corrected chi connectivity index (χ4v) is 3.36. The van der Waals surface area contributed by atoms with E-state index >= 15 is 0 Å². The van der Waals surface area contributed by atoms with E-state index in [2.05, 4.69) is 0 Å². The first-order valence-corrected chi connectivity index (χ1v) is 7.55. The zero-order valence-electron chi connectivity index (χ0n) is 10.8. The summed E-state index contributed by atoms with van der Waals surface area (Å²) in [6.07, 6.45) is 0. The lowest BCUT2D eigenvalue weighted by Gasteiger charge is -2.20. The Labute approximate surface area is 125 Å². The molecule has 2 N–H and O–H groups in total. The first kappa shape index (κ1) is 15.5. The smallest absolute Gasteiger partial charge is 0.267 e. The van der Waals surface area contributed by atoms with Crippen LogP contribution in [-0.2, 0) is 10.0 Å². The number of nitrogens with zero attached hydrogens (tertiary/aromatic N) is 1. The van der Waals surface area contributed by atoms with Crippen LogP contribution in [0.15, 0.2) is 41.3 Å². The summed E-state index contributed by atoms with van der Waals surface area (Å²) in [6.45, 7) is 0. The van der Waals surface area contributed by atoms with Gasteiger partial charge in [0, 0.05) is 12.7 Å². The van der Waals surface area contributed by atoms with Gasteiger partial charge in [-0.05, 0) is 24.3 Å². The third-order valence-corrected chi connectivity index (χ3v) is 4.89. The van der Waals surface area contributed by atoms with E-state index in [1.165, 1.54) is 18.2 Å². The van der Waals surface area contributed by atoms with Crippen LogP contribution in [0.2, 0.25) is 5.02 Å². The molecule has 0 fully saturated rings. The van der Waals surface area contributed by atoms with Gasteiger partial charge in [-0.1, -0.05) is 23.7 Å². The molecule has 4 nitrogen and oxygen atoms in total. The van der Waals surface area contributed by atoms with Crippen LogP contribution in [0.4, 0.5) is 20.2 Å². The highest BCUT2D eigenvalue weighted by Gasteiger charge is 2.28. The van der Waals surface area contributed by atoms with Gasteiger partial charge >= 0.3 is 0 Å². The number of halogens is 3. The first-order chi connectivity index (χ1) is 9.75. The lowest BCUT2D eigenvalue weighted by atomic mass is 10.3. The maximum atomic E-state index is 14.0. The number of benzene rings is 2. The van der Waals surface area contributed by atoms with Gasteiger partial charge in [-0.2, -0.15) is 0 Å². The SMILES string of the molecule is CN(c1ccccc1F)S(=O)(=O)c1cc(N)cc(Cl)c1F. The standard InChI is InChI=1S/C13H11ClF2N2O2S/c1-18(11-5-3-2-4-10(11)15)21(19,20)12-7-8(17)6-9(14)13(12)16/h2-7H,17H2,1H3. The molecule has 2 aromatic carbocycles. The molecule has 0 unspecified atom stereocenters. The van der Waals surface area contributed by atoms with E-state index in [1.54, 1.807) is 0 Å². The fourth-order valence-electron chi connectivity index (χ4n) is 1.76. The molecule has 2 rings (SSSR count). The molecule has 0 heterocycles. The minimum absolute atomic E-state index is 0.0121. The highest BCUT2D eigenvalue weighted by atomic mass is 35.5. The second-order valence-corrected chi connectivity index (χ2v) is 6.58. The average molecular weight is 333 g/mol. The monoisotopic (exact) mass is 332 g/mol. The molecule has 0 aromatic heterocycles. The van der Waals surface area contributed by atoms with Gasteiger partial charge < -0.3 is 5.73 Å². The van der Waals surface area contributed by atoms with Crippen molar-refractivity contribution in [1.29, 1.82) is 0 Å². The summed E-state index contributed by atoms with van der Waals surface area (Å²) in [4.78, 5) is -0.710. The topological polar surface area (TPSA) is 63.4 Å². The van der Waals surface area contributed by atoms with Gasteiger partial charge in [-0.15, -0.1) is 0 Å². The summed E-state index contributed by atoms with van der Waals surface area (Å²) < 4.78 is 53.1. The van der Waals surface area contributed by atoms with Crippen molar-refractivity contribution in [3.8, 4) is 0 Å². The molecule has 0 atom stereocenters. The molecular formula is C13H11ClF2N2O2S. The summed E-state index contributed by atoms with van der Waals surface area (Å²) in [5, 5.41) is -0.421. The number of hydrogen-bond acceptors (Lipinski definition) is 3. The van der Waals surface area contributed by atoms with Crippen LogP contribution in [0.3, 0.4) is 0 Å². The molecule has 0 saturated carbocycles. The van der Waals surface area contributed by atoms with Crippen LogP contribution in [0, 0.1) is 11.6 Å². The van der Waals surface area contributed by atoms with Crippen LogP contribution in [0.1, 0.15) is 0 Å². The molecule has 0 bridgehead atoms. The van der Waals surface area contributed by atoms with Gasteiger partial charge in [0.25, 0.3) is 10.0 Å². The van der Waals surface area contributed by atoms with Crippen molar-refractivity contribution in [2.45, 2.75) is 4.90 Å². The number of nitrogen functional groups attached to an aromatic ring is 1. The molecule has 112 valence electrons. The highest BCUT2D eigenvalue weighted by molar-refractivity contribution is 7.92. The molecule has 0 saturated heterocycles. The van der Waals surface area contributed by atoms with Crippen LogP contribution in [-0.4, -0.2) is 15.5 Å². The Balaban J connectivity index is 2.60. The van der Waals surface area contributed by atoms with Crippen molar-refractivity contribution >= 4 is 33.0 Å². The molecule has 0 amide bonds. The predicted molar refractivity (Wildman–Crippen MR) is 77.8 cm³/mol. The van der Waals surface area contributed by atoms with E-state index < -0.39 is 31.6 Å². The molecular weight excluding hydrogens is 322 g/mol. The summed E-state index contributed by atoms with van der Waals surface area (Å²) >= 11 is 5.60. The van der Waals surface area contributed by atoms with Crippen molar-refractivity contribution in [1.82, 2.24) is 0 Å². The van der Waals surface area contributed by atoms with E-state index in [9.17, 15) is 17.2 Å². The van der Waals surface area contributed by atoms with E-state index in [0.29, 0.717) is 4.31 Å². The van der Waals surface area contributed by atoms with Crippen LogP contribution >= 0.6 is 11.6 Å². The summed E-state index contributed by atoms with van der Waals surface area (Å²) in [6, 6.07) is 7.28. The van der Waals surface area contributed by atoms with Crippen LogP contribution in [0.25, 0.3) is 0 Å². The second-order valence-electron chi connectivity index (χ2n) is 4.24. The summed E-state index contributed by atoms with van der Waals surface area (Å²) in [5.74, 6) is -1.88. The van der Waals surface area contributed by atoms with Crippen molar-refractivity contribution < 1.29 is 17.2 Å². The van der Waals surface area contributed by atoms with Crippen molar-refractivity contribution in [3.05, 3.63) is 53.1 Å². The van der Waals surface area contributed by atoms with Gasteiger partial charge in [0.05, 0.1) is 10.7 Å². The summed E-state index contributed by atoms with van der Waals surface area (Å²) in [5.41, 5.74) is 5.26. The maximum absolute atomic E-state index is 14.0. The quantitative estimate of drug-likeness (QED) is 0.879. The molecule has 21 heavy (non-hydrogen) atoms. The number of para-hydroxylation sites is 1. The third kappa shape index (κ3) is 2.79. The maximum Gasteiger partial charge on any atom is 0.267 e. The van der Waals surface area contributed by atoms with Gasteiger partial charge in [-0.3, -0.25) is 4.31 Å². The van der Waals surface area contributed by atoms with Gasteiger partial charge in [0.15, 0.2) is 5.82 Å². The lowest BCUT2D eigenvalue weighted by Crippen LogP contribution is -2.28. The minimum atomic E-state index is -4.34. The van der Waals surface area contributed by atoms with E-state index in [-0.39, 0.29) is 11.4 Å². The number of hydrogen-bond donors (Lipinski definition) is 1. The minimum Gasteiger partial charge on any atom is -0.399 e. The highest BCUT2D eigenvalue weighted by Crippen LogP contribution is 2.30. The number of anilines is 2. The van der Waals surface area contributed by atoms with Crippen molar-refractivity contribution in [2.75, 3.05) is 17.1 Å². The molecule has 0 radical (unpaired) electrons. The molecule has 8 heteroatoms. The number of rotatable bonds is 3. The zero-order chi connectivity index (χ0) is 15.8. The largest absolute Gasteiger partial charge is 0.399 e. The van der Waals surface area contributed by atoms with E-state index in [1.807, 2.05) is 0 Å². The Bertz CT molecular complexity index is 797. The van der Waals surface area contributed by atoms with Gasteiger partial charge in [0.1, 0.15) is 10.7 Å². The molecule has 2 aromatic rings. The lowest BCUT2D eigenvalue weighted by molar-refractivity contribution is 0.564. The molecule has 0 aliphatic heterocycles.